The molecule has 0 saturated carbocycles. The number of aromatic nitrogens is 1. The normalized spacial score (nSPS) is 10.7. The third-order valence-electron chi connectivity index (χ3n) is 4.46. The first-order chi connectivity index (χ1) is 12.5. The van der Waals surface area contributed by atoms with Crippen molar-refractivity contribution >= 4 is 28.5 Å². The van der Waals surface area contributed by atoms with Crippen molar-refractivity contribution in [2.75, 3.05) is 11.9 Å². The summed E-state index contributed by atoms with van der Waals surface area (Å²) in [7, 11) is 1.87. The number of rotatable bonds is 5. The van der Waals surface area contributed by atoms with E-state index < -0.39 is 5.97 Å². The van der Waals surface area contributed by atoms with Gasteiger partial charge in [0.1, 0.15) is 0 Å². The molecule has 1 N–H and O–H groups in total. The Morgan fingerprint density at radius 3 is 2.65 bits per heavy atom. The Labute approximate surface area is 152 Å². The van der Waals surface area contributed by atoms with Gasteiger partial charge in [0.05, 0.1) is 5.56 Å². The van der Waals surface area contributed by atoms with Gasteiger partial charge in [0, 0.05) is 29.8 Å². The molecule has 0 aliphatic rings. The van der Waals surface area contributed by atoms with Gasteiger partial charge in [-0.05, 0) is 30.5 Å². The number of carbonyl (C=O) groups excluding carboxylic acids is 2. The van der Waals surface area contributed by atoms with Gasteiger partial charge in [-0.25, -0.2) is 4.79 Å². The van der Waals surface area contributed by atoms with Crippen molar-refractivity contribution in [2.45, 2.75) is 20.3 Å². The summed E-state index contributed by atoms with van der Waals surface area (Å²) >= 11 is 0. The van der Waals surface area contributed by atoms with Crippen LogP contribution >= 0.6 is 0 Å². The summed E-state index contributed by atoms with van der Waals surface area (Å²) in [6.07, 6.45) is 2.54. The molecule has 0 unspecified atom stereocenters. The molecule has 1 heterocycles. The number of carbonyl (C=O) groups is 2. The second-order valence-electron chi connectivity index (χ2n) is 6.26. The Bertz CT molecular complexity index is 973. The van der Waals surface area contributed by atoms with Crippen molar-refractivity contribution < 1.29 is 14.3 Å². The lowest BCUT2D eigenvalue weighted by Crippen LogP contribution is -2.22. The average molecular weight is 350 g/mol. The molecule has 0 atom stereocenters. The highest BCUT2D eigenvalue weighted by molar-refractivity contribution is 6.05. The van der Waals surface area contributed by atoms with Crippen LogP contribution in [0.1, 0.15) is 28.4 Å². The Balaban J connectivity index is 1.69. The Hall–Kier alpha value is -3.08. The van der Waals surface area contributed by atoms with Crippen molar-refractivity contribution in [1.29, 1.82) is 0 Å². The minimum atomic E-state index is -0.502. The standard InChI is InChI=1S/C21H22N2O3/c1-4-15-9-7-8-14(2)20(15)22-19(24)13-26-21(25)17-12-23(3)18-11-6-5-10-16(17)18/h5-12H,4,13H2,1-3H3,(H,22,24). The third kappa shape index (κ3) is 3.47. The van der Waals surface area contributed by atoms with E-state index in [1.54, 1.807) is 6.20 Å². The van der Waals surface area contributed by atoms with E-state index in [2.05, 4.69) is 5.32 Å². The Morgan fingerprint density at radius 2 is 1.88 bits per heavy atom. The first-order valence-corrected chi connectivity index (χ1v) is 8.60. The Kier molecular flexibility index (Phi) is 5.07. The molecule has 26 heavy (non-hydrogen) atoms. The molecule has 0 aliphatic heterocycles. The highest BCUT2D eigenvalue weighted by Gasteiger charge is 2.17. The van der Waals surface area contributed by atoms with Crippen LogP contribution in [0.2, 0.25) is 0 Å². The van der Waals surface area contributed by atoms with Crippen LogP contribution in [-0.2, 0) is 23.0 Å². The van der Waals surface area contributed by atoms with Crippen LogP contribution in [0, 0.1) is 6.92 Å². The number of benzene rings is 2. The lowest BCUT2D eigenvalue weighted by molar-refractivity contribution is -0.119. The fourth-order valence-electron chi connectivity index (χ4n) is 3.09. The fourth-order valence-corrected chi connectivity index (χ4v) is 3.09. The molecule has 0 saturated heterocycles. The van der Waals surface area contributed by atoms with Gasteiger partial charge >= 0.3 is 5.97 Å². The molecule has 0 radical (unpaired) electrons. The van der Waals surface area contributed by atoms with E-state index in [0.717, 1.165) is 34.1 Å². The van der Waals surface area contributed by atoms with Gasteiger partial charge in [-0.1, -0.05) is 43.3 Å². The van der Waals surface area contributed by atoms with Crippen LogP contribution in [0.5, 0.6) is 0 Å². The van der Waals surface area contributed by atoms with E-state index in [-0.39, 0.29) is 12.5 Å². The van der Waals surface area contributed by atoms with E-state index >= 15 is 0 Å². The molecule has 5 nitrogen and oxygen atoms in total. The molecular formula is C21H22N2O3. The molecule has 0 bridgehead atoms. The van der Waals surface area contributed by atoms with Gasteiger partial charge in [0.2, 0.25) is 0 Å². The van der Waals surface area contributed by atoms with E-state index in [1.807, 2.05) is 67.9 Å². The van der Waals surface area contributed by atoms with Crippen LogP contribution in [-0.4, -0.2) is 23.1 Å². The minimum Gasteiger partial charge on any atom is -0.452 e. The van der Waals surface area contributed by atoms with Crippen LogP contribution in [0.3, 0.4) is 0 Å². The number of esters is 1. The zero-order valence-electron chi connectivity index (χ0n) is 15.2. The van der Waals surface area contributed by atoms with Gasteiger partial charge in [0.25, 0.3) is 5.91 Å². The lowest BCUT2D eigenvalue weighted by Gasteiger charge is -2.13. The SMILES string of the molecule is CCc1cccc(C)c1NC(=O)COC(=O)c1cn(C)c2ccccc12. The molecule has 2 aromatic carbocycles. The second-order valence-corrected chi connectivity index (χ2v) is 6.26. The number of nitrogens with zero attached hydrogens (tertiary/aromatic N) is 1. The van der Waals surface area contributed by atoms with Gasteiger partial charge < -0.3 is 14.6 Å². The number of amides is 1. The maximum Gasteiger partial charge on any atom is 0.340 e. The summed E-state index contributed by atoms with van der Waals surface area (Å²) in [5, 5.41) is 3.67. The number of hydrogen-bond acceptors (Lipinski definition) is 3. The van der Waals surface area contributed by atoms with Gasteiger partial charge in [0.15, 0.2) is 6.61 Å². The third-order valence-corrected chi connectivity index (χ3v) is 4.46. The van der Waals surface area contributed by atoms with Crippen molar-refractivity contribution in [1.82, 2.24) is 4.57 Å². The van der Waals surface area contributed by atoms with E-state index in [0.29, 0.717) is 5.56 Å². The first-order valence-electron chi connectivity index (χ1n) is 8.60. The molecule has 3 rings (SSSR count). The molecule has 1 aromatic heterocycles. The number of para-hydroxylation sites is 2. The van der Waals surface area contributed by atoms with Gasteiger partial charge in [-0.3, -0.25) is 4.79 Å². The number of nitrogens with one attached hydrogen (secondary N) is 1. The second kappa shape index (κ2) is 7.44. The number of fused-ring (bicyclic) bond motifs is 1. The predicted molar refractivity (Wildman–Crippen MR) is 102 cm³/mol. The van der Waals surface area contributed by atoms with E-state index in [4.69, 9.17) is 4.74 Å². The number of hydrogen-bond donors (Lipinski definition) is 1. The highest BCUT2D eigenvalue weighted by Crippen LogP contribution is 2.22. The molecule has 134 valence electrons. The molecule has 3 aromatic rings. The van der Waals surface area contributed by atoms with Crippen molar-refractivity contribution in [3.05, 3.63) is 65.4 Å². The predicted octanol–water partition coefficient (Wildman–Crippen LogP) is 3.84. The lowest BCUT2D eigenvalue weighted by atomic mass is 10.1. The van der Waals surface area contributed by atoms with Crippen molar-refractivity contribution in [2.24, 2.45) is 7.05 Å². The van der Waals surface area contributed by atoms with Crippen LogP contribution < -0.4 is 5.32 Å². The average Bonchev–Trinajstić information content (AvgIpc) is 2.98. The largest absolute Gasteiger partial charge is 0.452 e. The van der Waals surface area contributed by atoms with E-state index in [1.165, 1.54) is 0 Å². The summed E-state index contributed by atoms with van der Waals surface area (Å²) in [5.74, 6) is -0.847. The van der Waals surface area contributed by atoms with E-state index in [9.17, 15) is 9.59 Å². The van der Waals surface area contributed by atoms with Gasteiger partial charge in [-0.2, -0.15) is 0 Å². The summed E-state index contributed by atoms with van der Waals surface area (Å²) < 4.78 is 7.10. The summed E-state index contributed by atoms with van der Waals surface area (Å²) in [6.45, 7) is 3.65. The first kappa shape index (κ1) is 17.7. The quantitative estimate of drug-likeness (QED) is 0.711. The number of aryl methyl sites for hydroxylation is 3. The molecule has 0 aliphatic carbocycles. The zero-order valence-corrected chi connectivity index (χ0v) is 15.2. The molecule has 1 amide bonds. The minimum absolute atomic E-state index is 0.320. The fraction of sp³-hybridized carbons (Fsp3) is 0.238. The highest BCUT2D eigenvalue weighted by atomic mass is 16.5. The number of anilines is 1. The number of ether oxygens (including phenoxy) is 1. The summed E-state index contributed by atoms with van der Waals surface area (Å²) in [4.78, 5) is 24.6. The monoisotopic (exact) mass is 350 g/mol. The summed E-state index contributed by atoms with van der Waals surface area (Å²) in [6, 6.07) is 13.5. The van der Waals surface area contributed by atoms with Crippen molar-refractivity contribution in [3.63, 3.8) is 0 Å². The molecular weight excluding hydrogens is 328 g/mol. The zero-order chi connectivity index (χ0) is 18.7. The van der Waals surface area contributed by atoms with Crippen LogP contribution in [0.25, 0.3) is 10.9 Å². The van der Waals surface area contributed by atoms with Crippen molar-refractivity contribution in [3.8, 4) is 0 Å². The Morgan fingerprint density at radius 1 is 1.12 bits per heavy atom. The summed E-state index contributed by atoms with van der Waals surface area (Å²) in [5.41, 5.74) is 4.23. The topological polar surface area (TPSA) is 60.3 Å². The van der Waals surface area contributed by atoms with Crippen LogP contribution in [0.4, 0.5) is 5.69 Å². The molecule has 5 heteroatoms. The molecule has 0 spiro atoms. The maximum absolute atomic E-state index is 12.4. The maximum atomic E-state index is 12.4. The van der Waals surface area contributed by atoms with Crippen LogP contribution in [0.15, 0.2) is 48.7 Å². The van der Waals surface area contributed by atoms with Gasteiger partial charge in [-0.15, -0.1) is 0 Å². The smallest absolute Gasteiger partial charge is 0.340 e. The molecule has 0 fully saturated rings.